The number of carbonyl (C=O) groups excluding carboxylic acids is 1. The van der Waals surface area contributed by atoms with Gasteiger partial charge in [-0.3, -0.25) is 14.7 Å². The van der Waals surface area contributed by atoms with E-state index >= 15 is 0 Å². The number of likely N-dealkylation sites (tertiary alicyclic amines) is 1. The van der Waals surface area contributed by atoms with Gasteiger partial charge in [-0.1, -0.05) is 31.4 Å². The van der Waals surface area contributed by atoms with Crippen LogP contribution in [0.5, 0.6) is 0 Å². The molecule has 1 saturated carbocycles. The van der Waals surface area contributed by atoms with Crippen LogP contribution in [0.3, 0.4) is 0 Å². The lowest BCUT2D eigenvalue weighted by atomic mass is 9.88. The third-order valence-electron chi connectivity index (χ3n) is 6.98. The number of aryl methyl sites for hydroxylation is 1. The molecule has 4 rings (SSSR count). The van der Waals surface area contributed by atoms with Gasteiger partial charge in [-0.2, -0.15) is 0 Å². The number of amides is 1. The van der Waals surface area contributed by atoms with Crippen molar-refractivity contribution in [1.29, 1.82) is 0 Å². The van der Waals surface area contributed by atoms with E-state index in [1.807, 2.05) is 19.1 Å². The molecule has 2 heterocycles. The quantitative estimate of drug-likeness (QED) is 0.657. The van der Waals surface area contributed by atoms with Crippen LogP contribution in [0.4, 0.5) is 8.78 Å². The average Bonchev–Trinajstić information content (AvgIpc) is 2.81. The Labute approximate surface area is 189 Å². The Morgan fingerprint density at radius 3 is 2.56 bits per heavy atom. The third-order valence-corrected chi connectivity index (χ3v) is 6.98. The van der Waals surface area contributed by atoms with Gasteiger partial charge in [0.25, 0.3) is 5.91 Å². The second-order valence-electron chi connectivity index (χ2n) is 9.36. The van der Waals surface area contributed by atoms with Crippen LogP contribution in [0.1, 0.15) is 78.2 Å². The van der Waals surface area contributed by atoms with Crippen molar-refractivity contribution in [2.45, 2.75) is 64.3 Å². The second-order valence-corrected chi connectivity index (χ2v) is 9.36. The molecule has 2 aromatic rings. The normalized spacial score (nSPS) is 18.6. The molecule has 6 heteroatoms. The van der Waals surface area contributed by atoms with E-state index < -0.39 is 11.6 Å². The van der Waals surface area contributed by atoms with Crippen molar-refractivity contribution >= 4 is 5.91 Å². The van der Waals surface area contributed by atoms with Crippen LogP contribution in [0.2, 0.25) is 0 Å². The van der Waals surface area contributed by atoms with Gasteiger partial charge in [-0.25, -0.2) is 8.78 Å². The van der Waals surface area contributed by atoms with E-state index in [9.17, 15) is 13.6 Å². The van der Waals surface area contributed by atoms with Crippen molar-refractivity contribution in [3.63, 3.8) is 0 Å². The fourth-order valence-electron chi connectivity index (χ4n) is 5.08. The molecule has 172 valence electrons. The summed E-state index contributed by atoms with van der Waals surface area (Å²) in [5.74, 6) is -0.806. The molecule has 0 radical (unpaired) electrons. The molecule has 1 aromatic carbocycles. The first-order valence-electron chi connectivity index (χ1n) is 11.9. The standard InChI is InChI=1S/C26H33F2N3O/c1-18-10-11-22(26(32)29-16-19-6-3-2-4-7-19)25(30-18)20-12-14-31(15-13-20)17-21-8-5-9-23(27)24(21)28/h5,8-11,19-20H,2-4,6-7,12-17H2,1H3,(H,29,32). The van der Waals surface area contributed by atoms with Crippen molar-refractivity contribution in [3.8, 4) is 0 Å². The smallest absolute Gasteiger partial charge is 0.253 e. The van der Waals surface area contributed by atoms with Gasteiger partial charge in [0.1, 0.15) is 0 Å². The molecular formula is C26H33F2N3O. The first-order chi connectivity index (χ1) is 15.5. The number of benzene rings is 1. The van der Waals surface area contributed by atoms with Crippen LogP contribution in [-0.2, 0) is 6.54 Å². The Balaban J connectivity index is 1.38. The Morgan fingerprint density at radius 1 is 1.06 bits per heavy atom. The highest BCUT2D eigenvalue weighted by molar-refractivity contribution is 5.95. The summed E-state index contributed by atoms with van der Waals surface area (Å²) in [6.07, 6.45) is 7.91. The molecule has 0 bridgehead atoms. The summed E-state index contributed by atoms with van der Waals surface area (Å²) in [4.78, 5) is 19.9. The molecule has 1 aromatic heterocycles. The van der Waals surface area contributed by atoms with Crippen molar-refractivity contribution in [2.75, 3.05) is 19.6 Å². The lowest BCUT2D eigenvalue weighted by molar-refractivity contribution is 0.0940. The molecule has 1 saturated heterocycles. The van der Waals surface area contributed by atoms with E-state index in [-0.39, 0.29) is 11.8 Å². The molecule has 4 nitrogen and oxygen atoms in total. The van der Waals surface area contributed by atoms with E-state index in [0.717, 1.165) is 49.9 Å². The highest BCUT2D eigenvalue weighted by Crippen LogP contribution is 2.31. The maximum absolute atomic E-state index is 14.0. The van der Waals surface area contributed by atoms with Gasteiger partial charge in [0.05, 0.1) is 11.3 Å². The molecular weight excluding hydrogens is 408 g/mol. The van der Waals surface area contributed by atoms with Gasteiger partial charge in [0, 0.05) is 30.3 Å². The van der Waals surface area contributed by atoms with Crippen molar-refractivity contribution in [2.24, 2.45) is 5.92 Å². The molecule has 1 aliphatic heterocycles. The monoisotopic (exact) mass is 441 g/mol. The molecule has 0 unspecified atom stereocenters. The first kappa shape index (κ1) is 22.8. The lowest BCUT2D eigenvalue weighted by Crippen LogP contribution is -2.35. The molecule has 0 atom stereocenters. The number of aromatic nitrogens is 1. The summed E-state index contributed by atoms with van der Waals surface area (Å²) in [6, 6.07) is 8.15. The van der Waals surface area contributed by atoms with Crippen LogP contribution in [0.15, 0.2) is 30.3 Å². The van der Waals surface area contributed by atoms with Crippen LogP contribution >= 0.6 is 0 Å². The number of halogens is 2. The number of hydrogen-bond acceptors (Lipinski definition) is 3. The minimum absolute atomic E-state index is 0.0256. The highest BCUT2D eigenvalue weighted by atomic mass is 19.2. The molecule has 2 aliphatic rings. The number of rotatable bonds is 6. The zero-order valence-corrected chi connectivity index (χ0v) is 18.9. The number of pyridine rings is 1. The van der Waals surface area contributed by atoms with E-state index in [1.165, 1.54) is 32.1 Å². The number of nitrogens with one attached hydrogen (secondary N) is 1. The van der Waals surface area contributed by atoms with Crippen LogP contribution in [0.25, 0.3) is 0 Å². The third kappa shape index (κ3) is 5.52. The summed E-state index contributed by atoms with van der Waals surface area (Å²) in [7, 11) is 0. The van der Waals surface area contributed by atoms with Gasteiger partial charge in [-0.05, 0) is 69.8 Å². The van der Waals surface area contributed by atoms with E-state index in [2.05, 4.69) is 10.2 Å². The van der Waals surface area contributed by atoms with Gasteiger partial charge in [-0.15, -0.1) is 0 Å². The van der Waals surface area contributed by atoms with Crippen molar-refractivity contribution in [3.05, 3.63) is 64.5 Å². The number of piperidine rings is 1. The second kappa shape index (κ2) is 10.5. The summed E-state index contributed by atoms with van der Waals surface area (Å²) in [5, 5.41) is 3.15. The average molecular weight is 442 g/mol. The largest absolute Gasteiger partial charge is 0.352 e. The molecule has 32 heavy (non-hydrogen) atoms. The predicted molar refractivity (Wildman–Crippen MR) is 121 cm³/mol. The number of nitrogens with zero attached hydrogens (tertiary/aromatic N) is 2. The minimum atomic E-state index is -0.801. The molecule has 2 fully saturated rings. The van der Waals surface area contributed by atoms with Gasteiger partial charge < -0.3 is 5.32 Å². The van der Waals surface area contributed by atoms with E-state index in [0.29, 0.717) is 23.6 Å². The Morgan fingerprint density at radius 2 is 1.81 bits per heavy atom. The topological polar surface area (TPSA) is 45.2 Å². The number of hydrogen-bond donors (Lipinski definition) is 1. The van der Waals surface area contributed by atoms with Gasteiger partial charge in [0.15, 0.2) is 11.6 Å². The summed E-state index contributed by atoms with van der Waals surface area (Å²) < 4.78 is 27.6. The van der Waals surface area contributed by atoms with Crippen LogP contribution < -0.4 is 5.32 Å². The zero-order chi connectivity index (χ0) is 22.5. The summed E-state index contributed by atoms with van der Waals surface area (Å²) in [6.45, 7) is 4.61. The fourth-order valence-corrected chi connectivity index (χ4v) is 5.08. The summed E-state index contributed by atoms with van der Waals surface area (Å²) >= 11 is 0. The molecule has 0 spiro atoms. The molecule has 1 N–H and O–H groups in total. The zero-order valence-electron chi connectivity index (χ0n) is 18.9. The van der Waals surface area contributed by atoms with Crippen LogP contribution in [-0.4, -0.2) is 35.4 Å². The van der Waals surface area contributed by atoms with Crippen molar-refractivity contribution < 1.29 is 13.6 Å². The van der Waals surface area contributed by atoms with E-state index in [1.54, 1.807) is 12.1 Å². The van der Waals surface area contributed by atoms with Gasteiger partial charge >= 0.3 is 0 Å². The van der Waals surface area contributed by atoms with Gasteiger partial charge in [0.2, 0.25) is 0 Å². The lowest BCUT2D eigenvalue weighted by Gasteiger charge is -2.32. The van der Waals surface area contributed by atoms with E-state index in [4.69, 9.17) is 4.98 Å². The Bertz CT molecular complexity index is 935. The minimum Gasteiger partial charge on any atom is -0.352 e. The Kier molecular flexibility index (Phi) is 7.51. The highest BCUT2D eigenvalue weighted by Gasteiger charge is 2.27. The Hall–Kier alpha value is -2.34. The van der Waals surface area contributed by atoms with Crippen molar-refractivity contribution in [1.82, 2.24) is 15.2 Å². The molecule has 1 aliphatic carbocycles. The van der Waals surface area contributed by atoms with Crippen LogP contribution in [0, 0.1) is 24.5 Å². The molecule has 1 amide bonds. The summed E-state index contributed by atoms with van der Waals surface area (Å²) in [5.41, 5.74) is 2.86. The fraction of sp³-hybridized carbons (Fsp3) is 0.538. The maximum atomic E-state index is 14.0. The maximum Gasteiger partial charge on any atom is 0.253 e. The number of carbonyl (C=O) groups is 1. The first-order valence-corrected chi connectivity index (χ1v) is 11.9. The predicted octanol–water partition coefficient (Wildman–Crippen LogP) is 5.36. The SMILES string of the molecule is Cc1ccc(C(=O)NCC2CCCCC2)c(C2CCN(Cc3cccc(F)c3F)CC2)n1.